The lowest BCUT2D eigenvalue weighted by atomic mass is 10.0. The van der Waals surface area contributed by atoms with Crippen LogP contribution in [0.5, 0.6) is 0 Å². The van der Waals surface area contributed by atoms with Gasteiger partial charge in [-0.15, -0.1) is 0 Å². The molecule has 1 unspecified atom stereocenters. The molecule has 0 aromatic rings. The summed E-state index contributed by atoms with van der Waals surface area (Å²) in [6, 6.07) is 0. The third kappa shape index (κ3) is 22.5. The van der Waals surface area contributed by atoms with Crippen molar-refractivity contribution in [1.29, 1.82) is 0 Å². The zero-order valence-corrected chi connectivity index (χ0v) is 9.40. The second-order valence-electron chi connectivity index (χ2n) is 3.81. The Kier molecular flexibility index (Phi) is 13.3. The molecule has 2 radical (unpaired) electrons. The molecule has 0 saturated heterocycles. The van der Waals surface area contributed by atoms with Crippen molar-refractivity contribution in [3.05, 3.63) is 13.8 Å². The molecule has 0 rings (SSSR count). The van der Waals surface area contributed by atoms with Crippen LogP contribution in [0.3, 0.4) is 0 Å². The first-order valence-electron chi connectivity index (χ1n) is 5.20. The van der Waals surface area contributed by atoms with Crippen LogP contribution >= 0.6 is 0 Å². The maximum atomic E-state index is 3.99. The molecule has 0 aliphatic carbocycles. The lowest BCUT2D eigenvalue weighted by molar-refractivity contribution is 0.537. The second-order valence-corrected chi connectivity index (χ2v) is 3.81. The Labute approximate surface area is 79.8 Å². The van der Waals surface area contributed by atoms with Gasteiger partial charge in [0.2, 0.25) is 0 Å². The minimum atomic E-state index is 0.583. The molecule has 0 heteroatoms. The van der Waals surface area contributed by atoms with Gasteiger partial charge >= 0.3 is 0 Å². The molecule has 12 heavy (non-hydrogen) atoms. The third-order valence-electron chi connectivity index (χ3n) is 1.54. The minimum Gasteiger partial charge on any atom is -0.0654 e. The van der Waals surface area contributed by atoms with Crippen LogP contribution in [-0.4, -0.2) is 0 Å². The van der Waals surface area contributed by atoms with Crippen LogP contribution in [0, 0.1) is 25.7 Å². The molecule has 0 amide bonds. The van der Waals surface area contributed by atoms with E-state index in [1.807, 2.05) is 0 Å². The Morgan fingerprint density at radius 3 is 1.75 bits per heavy atom. The van der Waals surface area contributed by atoms with Crippen molar-refractivity contribution in [3.63, 3.8) is 0 Å². The van der Waals surface area contributed by atoms with Crippen LogP contribution in [0.25, 0.3) is 0 Å². The summed E-state index contributed by atoms with van der Waals surface area (Å²) in [6.07, 6.45) is 5.21. The summed E-state index contributed by atoms with van der Waals surface area (Å²) in [6.45, 7) is 16.2. The molecular formula is C12H26. The highest BCUT2D eigenvalue weighted by atomic mass is 14.0. The third-order valence-corrected chi connectivity index (χ3v) is 1.54. The summed E-state index contributed by atoms with van der Waals surface area (Å²) >= 11 is 0. The average Bonchev–Trinajstić information content (AvgIpc) is 1.99. The highest BCUT2D eigenvalue weighted by Crippen LogP contribution is 2.09. The van der Waals surface area contributed by atoms with E-state index in [2.05, 4.69) is 41.5 Å². The van der Waals surface area contributed by atoms with Crippen LogP contribution in [0.4, 0.5) is 0 Å². The number of hydrogen-bond donors (Lipinski definition) is 0. The molecular weight excluding hydrogens is 144 g/mol. The van der Waals surface area contributed by atoms with E-state index in [0.717, 1.165) is 0 Å². The fourth-order valence-corrected chi connectivity index (χ4v) is 0.697. The van der Waals surface area contributed by atoms with Gasteiger partial charge in [0.1, 0.15) is 0 Å². The fraction of sp³-hybridized carbons (Fsp3) is 0.833. The molecule has 0 spiro atoms. The zero-order valence-electron chi connectivity index (χ0n) is 9.40. The Morgan fingerprint density at radius 1 is 1.08 bits per heavy atom. The molecule has 1 atom stereocenters. The van der Waals surface area contributed by atoms with Gasteiger partial charge in [0.15, 0.2) is 0 Å². The number of rotatable bonds is 4. The summed E-state index contributed by atoms with van der Waals surface area (Å²) in [5, 5.41) is 0. The molecule has 0 saturated carbocycles. The topological polar surface area (TPSA) is 0 Å². The van der Waals surface area contributed by atoms with E-state index in [-0.39, 0.29) is 0 Å². The molecule has 0 aromatic carbocycles. The van der Waals surface area contributed by atoms with Gasteiger partial charge in [0, 0.05) is 0 Å². The highest BCUT2D eigenvalue weighted by molar-refractivity contribution is 4.57. The SMILES string of the molecule is [CH2]C(C)C.[CH2]C(CC)CCCC. The minimum absolute atomic E-state index is 0.583. The van der Waals surface area contributed by atoms with Crippen LogP contribution < -0.4 is 0 Å². The van der Waals surface area contributed by atoms with Gasteiger partial charge in [0.05, 0.1) is 0 Å². The summed E-state index contributed by atoms with van der Waals surface area (Å²) in [5.41, 5.74) is 0. The maximum Gasteiger partial charge on any atom is -0.0417 e. The molecule has 0 aliphatic rings. The first-order chi connectivity index (χ1) is 5.54. The van der Waals surface area contributed by atoms with Gasteiger partial charge in [-0.25, -0.2) is 0 Å². The average molecular weight is 170 g/mol. The molecule has 74 valence electrons. The second kappa shape index (κ2) is 11.0. The van der Waals surface area contributed by atoms with Crippen molar-refractivity contribution in [2.24, 2.45) is 11.8 Å². The predicted molar refractivity (Wildman–Crippen MR) is 58.9 cm³/mol. The highest BCUT2D eigenvalue weighted by Gasteiger charge is 1.94. The molecule has 0 nitrogen and oxygen atoms in total. The molecule has 0 fully saturated rings. The van der Waals surface area contributed by atoms with Gasteiger partial charge in [0.25, 0.3) is 0 Å². The quantitative estimate of drug-likeness (QED) is 0.582. The van der Waals surface area contributed by atoms with Crippen LogP contribution in [0.15, 0.2) is 0 Å². The van der Waals surface area contributed by atoms with Gasteiger partial charge < -0.3 is 0 Å². The van der Waals surface area contributed by atoms with Gasteiger partial charge in [-0.3, -0.25) is 0 Å². The molecule has 0 bridgehead atoms. The van der Waals surface area contributed by atoms with Gasteiger partial charge in [-0.1, -0.05) is 67.2 Å². The predicted octanol–water partition coefficient (Wildman–Crippen LogP) is 4.51. The summed E-state index contributed by atoms with van der Waals surface area (Å²) in [4.78, 5) is 0. The van der Waals surface area contributed by atoms with Crippen molar-refractivity contribution in [3.8, 4) is 0 Å². The summed E-state index contributed by atoms with van der Waals surface area (Å²) in [7, 11) is 0. The Morgan fingerprint density at radius 2 is 1.50 bits per heavy atom. The lowest BCUT2D eigenvalue weighted by Crippen LogP contribution is -1.90. The Balaban J connectivity index is 0. The summed E-state index contributed by atoms with van der Waals surface area (Å²) in [5.74, 6) is 1.29. The smallest absolute Gasteiger partial charge is 0.0417 e. The van der Waals surface area contributed by atoms with E-state index in [1.165, 1.54) is 25.7 Å². The standard InChI is InChI=1S/C8H17.C4H9/c1-4-6-7-8(3)5-2;1-4(2)3/h8H,3-7H2,1-2H3;4H,1H2,2-3H3. The number of unbranched alkanes of at least 4 members (excludes halogenated alkanes) is 1. The van der Waals surface area contributed by atoms with Gasteiger partial charge in [-0.05, 0) is 11.8 Å². The first kappa shape index (κ1) is 14.5. The van der Waals surface area contributed by atoms with Crippen molar-refractivity contribution in [2.45, 2.75) is 53.4 Å². The van der Waals surface area contributed by atoms with E-state index in [0.29, 0.717) is 11.8 Å². The van der Waals surface area contributed by atoms with Crippen molar-refractivity contribution >= 4 is 0 Å². The maximum absolute atomic E-state index is 3.99. The Hall–Kier alpha value is 0. The number of hydrogen-bond acceptors (Lipinski definition) is 0. The lowest BCUT2D eigenvalue weighted by Gasteiger charge is -2.04. The zero-order chi connectivity index (χ0) is 9.98. The van der Waals surface area contributed by atoms with Crippen molar-refractivity contribution < 1.29 is 0 Å². The van der Waals surface area contributed by atoms with Crippen LogP contribution in [0.1, 0.15) is 53.4 Å². The van der Waals surface area contributed by atoms with E-state index in [4.69, 9.17) is 0 Å². The summed E-state index contributed by atoms with van der Waals surface area (Å²) < 4.78 is 0. The first-order valence-corrected chi connectivity index (χ1v) is 5.20. The fourth-order valence-electron chi connectivity index (χ4n) is 0.697. The Bertz CT molecular complexity index is 61.7. The largest absolute Gasteiger partial charge is 0.0654 e. The van der Waals surface area contributed by atoms with E-state index < -0.39 is 0 Å². The molecule has 0 N–H and O–H groups in total. The van der Waals surface area contributed by atoms with E-state index in [1.54, 1.807) is 0 Å². The van der Waals surface area contributed by atoms with Gasteiger partial charge in [-0.2, -0.15) is 0 Å². The van der Waals surface area contributed by atoms with E-state index in [9.17, 15) is 0 Å². The normalized spacial score (nSPS) is 12.2. The van der Waals surface area contributed by atoms with Crippen molar-refractivity contribution in [2.75, 3.05) is 0 Å². The molecule has 0 aliphatic heterocycles. The molecule has 0 heterocycles. The van der Waals surface area contributed by atoms with Crippen LogP contribution in [-0.2, 0) is 0 Å². The monoisotopic (exact) mass is 170 g/mol. The van der Waals surface area contributed by atoms with Crippen LogP contribution in [0.2, 0.25) is 0 Å². The van der Waals surface area contributed by atoms with E-state index >= 15 is 0 Å². The molecule has 0 aromatic heterocycles. The van der Waals surface area contributed by atoms with Crippen molar-refractivity contribution in [1.82, 2.24) is 0 Å².